The second kappa shape index (κ2) is 3.53. The molecule has 0 aliphatic heterocycles. The van der Waals surface area contributed by atoms with Gasteiger partial charge in [0.1, 0.15) is 12.6 Å². The van der Waals surface area contributed by atoms with E-state index in [9.17, 15) is 9.59 Å². The average Bonchev–Trinajstić information content (AvgIpc) is 1.68. The van der Waals surface area contributed by atoms with Crippen molar-refractivity contribution in [2.75, 3.05) is 0 Å². The Labute approximate surface area is 42.5 Å². The second-order valence-corrected chi connectivity index (χ2v) is 1.52. The molecule has 0 radical (unpaired) electrons. The molecule has 0 amide bonds. The molecule has 40 valence electrons. The lowest BCUT2D eigenvalue weighted by atomic mass is 10.1. The maximum atomic E-state index is 9.74. The van der Waals surface area contributed by atoms with Gasteiger partial charge >= 0.3 is 0 Å². The van der Waals surface area contributed by atoms with Crippen molar-refractivity contribution in [3.63, 3.8) is 0 Å². The molecule has 0 N–H and O–H groups in total. The maximum Gasteiger partial charge on any atom is 0.123 e. The predicted molar refractivity (Wildman–Crippen MR) is 25.9 cm³/mol. The highest BCUT2D eigenvalue weighted by molar-refractivity contribution is 5.61. The summed E-state index contributed by atoms with van der Waals surface area (Å²) in [5.41, 5.74) is 0. The van der Waals surface area contributed by atoms with E-state index in [1.807, 2.05) is 0 Å². The third-order valence-corrected chi connectivity index (χ3v) is 0.700. The molecule has 0 aliphatic rings. The molecule has 0 heterocycles. The standard InChI is InChI=1S/C5H8O2/c1-5(4-7)2-3-6/h3-5H,2H2,1H3/t5-/m0/s1. The zero-order valence-corrected chi connectivity index (χ0v) is 4.26. The van der Waals surface area contributed by atoms with Gasteiger partial charge in [-0.2, -0.15) is 0 Å². The van der Waals surface area contributed by atoms with Crippen molar-refractivity contribution in [2.45, 2.75) is 13.3 Å². The topological polar surface area (TPSA) is 34.1 Å². The summed E-state index contributed by atoms with van der Waals surface area (Å²) in [6, 6.07) is 0. The molecule has 1 atom stereocenters. The fraction of sp³-hybridized carbons (Fsp3) is 0.600. The SMILES string of the molecule is C[C@H](C=O)CC=O. The van der Waals surface area contributed by atoms with Gasteiger partial charge in [-0.15, -0.1) is 0 Å². The second-order valence-electron chi connectivity index (χ2n) is 1.52. The van der Waals surface area contributed by atoms with Crippen LogP contribution >= 0.6 is 0 Å². The van der Waals surface area contributed by atoms with Crippen LogP contribution in [-0.2, 0) is 9.59 Å². The van der Waals surface area contributed by atoms with Gasteiger partial charge in [0.25, 0.3) is 0 Å². The summed E-state index contributed by atoms with van der Waals surface area (Å²) in [6.45, 7) is 1.71. The van der Waals surface area contributed by atoms with E-state index < -0.39 is 0 Å². The molecular weight excluding hydrogens is 92.1 g/mol. The van der Waals surface area contributed by atoms with Crippen LogP contribution in [0.25, 0.3) is 0 Å². The number of aldehydes is 2. The van der Waals surface area contributed by atoms with Crippen LogP contribution in [0.4, 0.5) is 0 Å². The minimum absolute atomic E-state index is 0.0995. The van der Waals surface area contributed by atoms with Gasteiger partial charge < -0.3 is 9.59 Å². The third kappa shape index (κ3) is 3.16. The molecule has 0 bridgehead atoms. The molecular formula is C5H8O2. The molecule has 0 aromatic heterocycles. The van der Waals surface area contributed by atoms with Gasteiger partial charge in [0, 0.05) is 12.3 Å². The first kappa shape index (κ1) is 6.34. The van der Waals surface area contributed by atoms with E-state index in [2.05, 4.69) is 0 Å². The quantitative estimate of drug-likeness (QED) is 0.481. The van der Waals surface area contributed by atoms with Crippen LogP contribution in [0.5, 0.6) is 0 Å². The molecule has 0 saturated heterocycles. The number of rotatable bonds is 3. The van der Waals surface area contributed by atoms with Gasteiger partial charge in [-0.1, -0.05) is 6.92 Å². The Balaban J connectivity index is 3.15. The molecule has 7 heavy (non-hydrogen) atoms. The molecule has 2 nitrogen and oxygen atoms in total. The van der Waals surface area contributed by atoms with Crippen molar-refractivity contribution < 1.29 is 9.59 Å². The van der Waals surface area contributed by atoms with Crippen molar-refractivity contribution >= 4 is 12.6 Å². The highest BCUT2D eigenvalue weighted by Crippen LogP contribution is 1.90. The summed E-state index contributed by atoms with van der Waals surface area (Å²) in [7, 11) is 0. The average molecular weight is 100 g/mol. The normalized spacial score (nSPS) is 12.7. The minimum Gasteiger partial charge on any atom is -0.303 e. The first-order valence-corrected chi connectivity index (χ1v) is 2.20. The Morgan fingerprint density at radius 1 is 1.57 bits per heavy atom. The van der Waals surface area contributed by atoms with Gasteiger partial charge in [0.15, 0.2) is 0 Å². The van der Waals surface area contributed by atoms with E-state index in [0.29, 0.717) is 6.42 Å². The van der Waals surface area contributed by atoms with Crippen LogP contribution < -0.4 is 0 Å². The van der Waals surface area contributed by atoms with Gasteiger partial charge in [-0.05, 0) is 0 Å². The number of carbonyl (C=O) groups excluding carboxylic acids is 2. The number of hydrogen-bond donors (Lipinski definition) is 0. The molecule has 0 rings (SSSR count). The monoisotopic (exact) mass is 100 g/mol. The Kier molecular flexibility index (Phi) is 3.19. The van der Waals surface area contributed by atoms with E-state index >= 15 is 0 Å². The van der Waals surface area contributed by atoms with Crippen LogP contribution in [0.3, 0.4) is 0 Å². The Morgan fingerprint density at radius 3 is 2.29 bits per heavy atom. The van der Waals surface area contributed by atoms with Crippen LogP contribution in [0, 0.1) is 5.92 Å². The summed E-state index contributed by atoms with van der Waals surface area (Å²) < 4.78 is 0. The van der Waals surface area contributed by atoms with Crippen LogP contribution in [0.1, 0.15) is 13.3 Å². The Bertz CT molecular complexity index is 68.5. The van der Waals surface area contributed by atoms with Crippen molar-refractivity contribution in [1.29, 1.82) is 0 Å². The van der Waals surface area contributed by atoms with Crippen molar-refractivity contribution in [2.24, 2.45) is 5.92 Å². The zero-order valence-electron chi connectivity index (χ0n) is 4.26. The minimum atomic E-state index is -0.0995. The van der Waals surface area contributed by atoms with Crippen LogP contribution in [0.15, 0.2) is 0 Å². The largest absolute Gasteiger partial charge is 0.303 e. The molecule has 0 unspecified atom stereocenters. The zero-order chi connectivity index (χ0) is 5.70. The molecule has 0 aromatic rings. The first-order valence-electron chi connectivity index (χ1n) is 2.20. The van der Waals surface area contributed by atoms with Gasteiger partial charge in [-0.3, -0.25) is 0 Å². The van der Waals surface area contributed by atoms with E-state index in [1.54, 1.807) is 6.92 Å². The maximum absolute atomic E-state index is 9.74. The summed E-state index contributed by atoms with van der Waals surface area (Å²) in [4.78, 5) is 19.4. The van der Waals surface area contributed by atoms with Crippen molar-refractivity contribution in [3.05, 3.63) is 0 Å². The molecule has 2 heteroatoms. The number of carbonyl (C=O) groups is 2. The Morgan fingerprint density at radius 2 is 2.14 bits per heavy atom. The first-order chi connectivity index (χ1) is 3.31. The molecule has 0 saturated carbocycles. The van der Waals surface area contributed by atoms with Gasteiger partial charge in [0.05, 0.1) is 0 Å². The Hall–Kier alpha value is -0.660. The van der Waals surface area contributed by atoms with E-state index in [-0.39, 0.29) is 5.92 Å². The lowest BCUT2D eigenvalue weighted by Crippen LogP contribution is -1.94. The van der Waals surface area contributed by atoms with Crippen LogP contribution in [-0.4, -0.2) is 12.6 Å². The van der Waals surface area contributed by atoms with E-state index in [1.165, 1.54) is 0 Å². The van der Waals surface area contributed by atoms with E-state index in [4.69, 9.17) is 0 Å². The van der Waals surface area contributed by atoms with E-state index in [0.717, 1.165) is 12.6 Å². The highest BCUT2D eigenvalue weighted by atomic mass is 16.1. The summed E-state index contributed by atoms with van der Waals surface area (Å²) in [5.74, 6) is -0.0995. The molecule has 0 fully saturated rings. The van der Waals surface area contributed by atoms with Gasteiger partial charge in [0.2, 0.25) is 0 Å². The van der Waals surface area contributed by atoms with Crippen molar-refractivity contribution in [1.82, 2.24) is 0 Å². The fourth-order valence-electron chi connectivity index (χ4n) is 0.207. The molecule has 0 aliphatic carbocycles. The van der Waals surface area contributed by atoms with Crippen LogP contribution in [0.2, 0.25) is 0 Å². The third-order valence-electron chi connectivity index (χ3n) is 0.700. The summed E-state index contributed by atoms with van der Waals surface area (Å²) in [5, 5.41) is 0. The van der Waals surface area contributed by atoms with Crippen molar-refractivity contribution in [3.8, 4) is 0 Å². The fourth-order valence-corrected chi connectivity index (χ4v) is 0.207. The summed E-state index contributed by atoms with van der Waals surface area (Å²) in [6.07, 6.45) is 1.87. The lowest BCUT2D eigenvalue weighted by Gasteiger charge is -1.88. The number of hydrogen-bond acceptors (Lipinski definition) is 2. The summed E-state index contributed by atoms with van der Waals surface area (Å²) >= 11 is 0. The van der Waals surface area contributed by atoms with Gasteiger partial charge in [-0.25, -0.2) is 0 Å². The smallest absolute Gasteiger partial charge is 0.123 e. The lowest BCUT2D eigenvalue weighted by molar-refractivity contribution is -0.115. The predicted octanol–water partition coefficient (Wildman–Crippen LogP) is 0.410. The highest BCUT2D eigenvalue weighted by Gasteiger charge is 1.93. The molecule has 0 aromatic carbocycles. The molecule has 0 spiro atoms.